The molecule has 1 aliphatic heterocycles. The highest BCUT2D eigenvalue weighted by Gasteiger charge is 2.25. The van der Waals surface area contributed by atoms with Gasteiger partial charge in [0.1, 0.15) is 5.82 Å². The van der Waals surface area contributed by atoms with E-state index < -0.39 is 18.1 Å². The second-order valence-corrected chi connectivity index (χ2v) is 5.05. The Morgan fingerprint density at radius 3 is 2.65 bits per heavy atom. The fraction of sp³-hybridized carbons (Fsp3) is 0.533. The summed E-state index contributed by atoms with van der Waals surface area (Å²) in [4.78, 5) is 10.8. The first-order valence-corrected chi connectivity index (χ1v) is 6.87. The Balaban J connectivity index is 1.98. The van der Waals surface area contributed by atoms with Gasteiger partial charge in [0.25, 0.3) is 0 Å². The van der Waals surface area contributed by atoms with E-state index in [4.69, 9.17) is 14.6 Å². The third-order valence-corrected chi connectivity index (χ3v) is 3.43. The number of unbranched alkanes of at least 4 members (excludes halogenated alkanes) is 1. The highest BCUT2D eigenvalue weighted by atomic mass is 19.1. The zero-order valence-electron chi connectivity index (χ0n) is 11.5. The van der Waals surface area contributed by atoms with Crippen LogP contribution in [0, 0.1) is 11.7 Å². The maximum atomic E-state index is 13.9. The predicted molar refractivity (Wildman–Crippen MR) is 71.0 cm³/mol. The molecule has 0 bridgehead atoms. The summed E-state index contributed by atoms with van der Waals surface area (Å²) in [7, 11) is 0. The standard InChI is InChI=1S/C15H19FO4/c1-2-3-4-10-8-19-15(20-9-10)12-6-5-11(14(17)18)7-13(12)16/h5-7,10,15H,2-4,8-9H2,1H3,(H,17,18). The average Bonchev–Trinajstić information content (AvgIpc) is 2.45. The topological polar surface area (TPSA) is 55.8 Å². The van der Waals surface area contributed by atoms with Gasteiger partial charge in [-0.3, -0.25) is 0 Å². The fourth-order valence-corrected chi connectivity index (χ4v) is 2.23. The van der Waals surface area contributed by atoms with Crippen LogP contribution < -0.4 is 0 Å². The minimum Gasteiger partial charge on any atom is -0.478 e. The van der Waals surface area contributed by atoms with Gasteiger partial charge in [0, 0.05) is 11.5 Å². The van der Waals surface area contributed by atoms with Crippen molar-refractivity contribution >= 4 is 5.97 Å². The third kappa shape index (κ3) is 3.55. The molecule has 0 atom stereocenters. The third-order valence-electron chi connectivity index (χ3n) is 3.43. The molecule has 1 aliphatic rings. The molecule has 1 aromatic carbocycles. The highest BCUT2D eigenvalue weighted by molar-refractivity contribution is 5.87. The second-order valence-electron chi connectivity index (χ2n) is 5.05. The molecular formula is C15H19FO4. The van der Waals surface area contributed by atoms with Gasteiger partial charge in [0.2, 0.25) is 0 Å². The molecule has 0 aliphatic carbocycles. The van der Waals surface area contributed by atoms with Crippen molar-refractivity contribution in [1.29, 1.82) is 0 Å². The number of aromatic carboxylic acids is 1. The number of carboxylic acid groups (broad SMARTS) is 1. The van der Waals surface area contributed by atoms with Gasteiger partial charge in [0.15, 0.2) is 6.29 Å². The highest BCUT2D eigenvalue weighted by Crippen LogP contribution is 2.29. The normalized spacial score (nSPS) is 22.7. The Hall–Kier alpha value is -1.46. The maximum absolute atomic E-state index is 13.9. The monoisotopic (exact) mass is 282 g/mol. The first-order chi connectivity index (χ1) is 9.61. The molecule has 5 heteroatoms. The maximum Gasteiger partial charge on any atom is 0.335 e. The van der Waals surface area contributed by atoms with Gasteiger partial charge < -0.3 is 14.6 Å². The van der Waals surface area contributed by atoms with Gasteiger partial charge in [-0.1, -0.05) is 25.8 Å². The van der Waals surface area contributed by atoms with Crippen molar-refractivity contribution in [1.82, 2.24) is 0 Å². The first kappa shape index (κ1) is 14.9. The molecule has 0 spiro atoms. The van der Waals surface area contributed by atoms with Crippen LogP contribution >= 0.6 is 0 Å². The van der Waals surface area contributed by atoms with Crippen molar-refractivity contribution in [3.05, 3.63) is 35.1 Å². The van der Waals surface area contributed by atoms with E-state index >= 15 is 0 Å². The predicted octanol–water partition coefficient (Wildman–Crippen LogP) is 3.38. The summed E-state index contributed by atoms with van der Waals surface area (Å²) in [5, 5.41) is 8.80. The molecule has 4 nitrogen and oxygen atoms in total. The summed E-state index contributed by atoms with van der Waals surface area (Å²) in [5.41, 5.74) is 0.173. The second kappa shape index (κ2) is 6.81. The molecular weight excluding hydrogens is 263 g/mol. The number of halogens is 1. The van der Waals surface area contributed by atoms with E-state index in [-0.39, 0.29) is 11.1 Å². The van der Waals surface area contributed by atoms with Gasteiger partial charge in [-0.25, -0.2) is 9.18 Å². The molecule has 0 saturated carbocycles. The zero-order valence-corrected chi connectivity index (χ0v) is 11.5. The summed E-state index contributed by atoms with van der Waals surface area (Å²) < 4.78 is 25.0. The van der Waals surface area contributed by atoms with Crippen LogP contribution in [0.3, 0.4) is 0 Å². The van der Waals surface area contributed by atoms with Crippen LogP contribution in [0.15, 0.2) is 18.2 Å². The van der Waals surface area contributed by atoms with E-state index in [2.05, 4.69) is 6.92 Å². The van der Waals surface area contributed by atoms with E-state index in [0.29, 0.717) is 19.1 Å². The van der Waals surface area contributed by atoms with Crippen LogP contribution in [-0.4, -0.2) is 24.3 Å². The molecule has 1 fully saturated rings. The molecule has 0 aromatic heterocycles. The van der Waals surface area contributed by atoms with Crippen LogP contribution in [0.25, 0.3) is 0 Å². The Labute approximate surface area is 117 Å². The van der Waals surface area contributed by atoms with Gasteiger partial charge in [-0.2, -0.15) is 0 Å². The van der Waals surface area contributed by atoms with Gasteiger partial charge in [0.05, 0.1) is 18.8 Å². The largest absolute Gasteiger partial charge is 0.478 e. The molecule has 1 heterocycles. The van der Waals surface area contributed by atoms with E-state index in [0.717, 1.165) is 25.3 Å². The lowest BCUT2D eigenvalue weighted by Crippen LogP contribution is -2.27. The molecule has 0 amide bonds. The van der Waals surface area contributed by atoms with E-state index in [1.807, 2.05) is 0 Å². The van der Waals surface area contributed by atoms with Crippen molar-refractivity contribution in [3.8, 4) is 0 Å². The molecule has 1 N–H and O–H groups in total. The summed E-state index contributed by atoms with van der Waals surface area (Å²) in [5.74, 6) is -1.41. The number of benzene rings is 1. The van der Waals surface area contributed by atoms with Crippen molar-refractivity contribution in [2.45, 2.75) is 32.5 Å². The molecule has 20 heavy (non-hydrogen) atoms. The molecule has 1 aromatic rings. The van der Waals surface area contributed by atoms with Crippen LogP contribution in [-0.2, 0) is 9.47 Å². The van der Waals surface area contributed by atoms with Crippen LogP contribution in [0.4, 0.5) is 4.39 Å². The fourth-order valence-electron chi connectivity index (χ4n) is 2.23. The SMILES string of the molecule is CCCCC1COC(c2ccc(C(=O)O)cc2F)OC1. The van der Waals surface area contributed by atoms with Crippen molar-refractivity contribution in [3.63, 3.8) is 0 Å². The first-order valence-electron chi connectivity index (χ1n) is 6.87. The number of carboxylic acids is 1. The quantitative estimate of drug-likeness (QED) is 0.899. The number of hydrogen-bond acceptors (Lipinski definition) is 3. The molecule has 0 radical (unpaired) electrons. The number of rotatable bonds is 5. The summed E-state index contributed by atoms with van der Waals surface area (Å²) >= 11 is 0. The molecule has 0 unspecified atom stereocenters. The van der Waals surface area contributed by atoms with Crippen molar-refractivity contribution < 1.29 is 23.8 Å². The Kier molecular flexibility index (Phi) is 5.09. The Bertz CT molecular complexity index is 467. The summed E-state index contributed by atoms with van der Waals surface area (Å²) in [6, 6.07) is 3.76. The Morgan fingerprint density at radius 2 is 2.10 bits per heavy atom. The number of ether oxygens (including phenoxy) is 2. The van der Waals surface area contributed by atoms with Gasteiger partial charge >= 0.3 is 5.97 Å². The van der Waals surface area contributed by atoms with E-state index in [1.165, 1.54) is 12.1 Å². The van der Waals surface area contributed by atoms with E-state index in [9.17, 15) is 9.18 Å². The summed E-state index contributed by atoms with van der Waals surface area (Å²) in [6.07, 6.45) is 2.56. The van der Waals surface area contributed by atoms with Crippen molar-refractivity contribution in [2.24, 2.45) is 5.92 Å². The summed E-state index contributed by atoms with van der Waals surface area (Å²) in [6.45, 7) is 3.22. The van der Waals surface area contributed by atoms with Crippen molar-refractivity contribution in [2.75, 3.05) is 13.2 Å². The van der Waals surface area contributed by atoms with Crippen LogP contribution in [0.5, 0.6) is 0 Å². The minimum absolute atomic E-state index is 0.0807. The van der Waals surface area contributed by atoms with Gasteiger partial charge in [-0.05, 0) is 18.6 Å². The lowest BCUT2D eigenvalue weighted by atomic mass is 10.0. The molecule has 110 valence electrons. The van der Waals surface area contributed by atoms with Gasteiger partial charge in [-0.15, -0.1) is 0 Å². The smallest absolute Gasteiger partial charge is 0.335 e. The van der Waals surface area contributed by atoms with Crippen LogP contribution in [0.1, 0.15) is 48.4 Å². The lowest BCUT2D eigenvalue weighted by molar-refractivity contribution is -0.207. The number of hydrogen-bond donors (Lipinski definition) is 1. The average molecular weight is 282 g/mol. The number of carbonyl (C=O) groups is 1. The van der Waals surface area contributed by atoms with E-state index in [1.54, 1.807) is 0 Å². The minimum atomic E-state index is -1.15. The lowest BCUT2D eigenvalue weighted by Gasteiger charge is -2.29. The molecule has 2 rings (SSSR count). The zero-order chi connectivity index (χ0) is 14.5. The molecule has 1 saturated heterocycles. The van der Waals surface area contributed by atoms with Crippen LogP contribution in [0.2, 0.25) is 0 Å². The Morgan fingerprint density at radius 1 is 1.40 bits per heavy atom.